The third-order valence-electron chi connectivity index (χ3n) is 4.31. The molecule has 1 heterocycles. The van der Waals surface area contributed by atoms with Crippen LogP contribution in [0.25, 0.3) is 0 Å². The zero-order valence-electron chi connectivity index (χ0n) is 13.5. The van der Waals surface area contributed by atoms with Gasteiger partial charge in [-0.15, -0.1) is 0 Å². The molecular formula is C18H28N2O. The highest BCUT2D eigenvalue weighted by atomic mass is 16.1. The molecule has 0 radical (unpaired) electrons. The van der Waals surface area contributed by atoms with Crippen molar-refractivity contribution < 1.29 is 4.79 Å². The standard InChI is InChI=1S/C18H28N2O/c1-18(2,3)16-6-4-15(5-7-16)17(21)20-13-10-14-8-11-19-12-9-14/h4-7,14,19H,8-13H2,1-3H3,(H,20,21). The van der Waals surface area contributed by atoms with E-state index < -0.39 is 0 Å². The SMILES string of the molecule is CC(C)(C)c1ccc(C(=O)NCCC2CCNCC2)cc1. The highest BCUT2D eigenvalue weighted by molar-refractivity contribution is 5.94. The molecule has 1 amide bonds. The molecule has 116 valence electrons. The average Bonchev–Trinajstić information content (AvgIpc) is 2.47. The van der Waals surface area contributed by atoms with Crippen LogP contribution in [0.5, 0.6) is 0 Å². The maximum atomic E-state index is 12.1. The molecule has 0 aromatic heterocycles. The van der Waals surface area contributed by atoms with Gasteiger partial charge in [-0.2, -0.15) is 0 Å². The molecule has 1 fully saturated rings. The van der Waals surface area contributed by atoms with Crippen molar-refractivity contribution in [1.29, 1.82) is 0 Å². The first kappa shape index (κ1) is 16.0. The van der Waals surface area contributed by atoms with E-state index in [2.05, 4.69) is 43.5 Å². The molecule has 0 saturated carbocycles. The van der Waals surface area contributed by atoms with E-state index in [1.807, 2.05) is 12.1 Å². The fraction of sp³-hybridized carbons (Fsp3) is 0.611. The van der Waals surface area contributed by atoms with E-state index in [0.29, 0.717) is 0 Å². The molecule has 1 aliphatic rings. The van der Waals surface area contributed by atoms with Crippen LogP contribution in [-0.2, 0) is 5.41 Å². The summed E-state index contributed by atoms with van der Waals surface area (Å²) in [6.07, 6.45) is 3.56. The van der Waals surface area contributed by atoms with Crippen LogP contribution in [0.2, 0.25) is 0 Å². The van der Waals surface area contributed by atoms with Gasteiger partial charge in [-0.05, 0) is 61.4 Å². The second kappa shape index (κ2) is 7.08. The lowest BCUT2D eigenvalue weighted by atomic mass is 9.86. The number of benzene rings is 1. The molecule has 2 N–H and O–H groups in total. The second-order valence-electron chi connectivity index (χ2n) is 7.07. The predicted octanol–water partition coefficient (Wildman–Crippen LogP) is 3.10. The van der Waals surface area contributed by atoms with Crippen LogP contribution in [0.4, 0.5) is 0 Å². The van der Waals surface area contributed by atoms with E-state index in [4.69, 9.17) is 0 Å². The van der Waals surface area contributed by atoms with E-state index in [1.165, 1.54) is 18.4 Å². The van der Waals surface area contributed by atoms with Gasteiger partial charge in [0, 0.05) is 12.1 Å². The lowest BCUT2D eigenvalue weighted by Gasteiger charge is -2.22. The van der Waals surface area contributed by atoms with Gasteiger partial charge < -0.3 is 10.6 Å². The van der Waals surface area contributed by atoms with Gasteiger partial charge in [-0.25, -0.2) is 0 Å². The molecule has 1 aromatic carbocycles. The maximum absolute atomic E-state index is 12.1. The summed E-state index contributed by atoms with van der Waals surface area (Å²) in [5, 5.41) is 6.41. The lowest BCUT2D eigenvalue weighted by Crippen LogP contribution is -2.31. The quantitative estimate of drug-likeness (QED) is 0.894. The third kappa shape index (κ3) is 4.85. The third-order valence-corrected chi connectivity index (χ3v) is 4.31. The Bertz CT molecular complexity index is 453. The van der Waals surface area contributed by atoms with E-state index in [-0.39, 0.29) is 11.3 Å². The Morgan fingerprint density at radius 3 is 2.38 bits per heavy atom. The minimum Gasteiger partial charge on any atom is -0.352 e. The molecule has 3 nitrogen and oxygen atoms in total. The van der Waals surface area contributed by atoms with Gasteiger partial charge in [0.25, 0.3) is 5.91 Å². The van der Waals surface area contributed by atoms with E-state index in [9.17, 15) is 4.79 Å². The first-order valence-corrected chi connectivity index (χ1v) is 8.06. The Hall–Kier alpha value is -1.35. The number of carbonyl (C=O) groups excluding carboxylic acids is 1. The number of amides is 1. The van der Waals surface area contributed by atoms with E-state index >= 15 is 0 Å². The Morgan fingerprint density at radius 2 is 1.81 bits per heavy atom. The molecule has 1 saturated heterocycles. The number of carbonyl (C=O) groups is 1. The minimum atomic E-state index is 0.0457. The van der Waals surface area contributed by atoms with Crippen molar-refractivity contribution in [3.63, 3.8) is 0 Å². The molecule has 21 heavy (non-hydrogen) atoms. The van der Waals surface area contributed by atoms with Crippen molar-refractivity contribution in [3.05, 3.63) is 35.4 Å². The van der Waals surface area contributed by atoms with E-state index in [1.54, 1.807) is 0 Å². The number of piperidine rings is 1. The predicted molar refractivity (Wildman–Crippen MR) is 87.7 cm³/mol. The smallest absolute Gasteiger partial charge is 0.251 e. The molecule has 1 aromatic rings. The van der Waals surface area contributed by atoms with Crippen molar-refractivity contribution in [2.45, 2.75) is 45.4 Å². The highest BCUT2D eigenvalue weighted by Crippen LogP contribution is 2.22. The molecule has 0 atom stereocenters. The molecule has 3 heteroatoms. The average molecular weight is 288 g/mol. The summed E-state index contributed by atoms with van der Waals surface area (Å²) in [6.45, 7) is 9.56. The van der Waals surface area contributed by atoms with Gasteiger partial charge in [-0.3, -0.25) is 4.79 Å². The minimum absolute atomic E-state index is 0.0457. The molecule has 0 bridgehead atoms. The number of rotatable bonds is 4. The van der Waals surface area contributed by atoms with Gasteiger partial charge in [0.05, 0.1) is 0 Å². The Balaban J connectivity index is 1.80. The van der Waals surface area contributed by atoms with E-state index in [0.717, 1.165) is 37.5 Å². The monoisotopic (exact) mass is 288 g/mol. The van der Waals surface area contributed by atoms with Crippen LogP contribution >= 0.6 is 0 Å². The van der Waals surface area contributed by atoms with Crippen LogP contribution in [0, 0.1) is 5.92 Å². The number of hydrogen-bond donors (Lipinski definition) is 2. The zero-order chi connectivity index (χ0) is 15.3. The molecule has 0 spiro atoms. The van der Waals surface area contributed by atoms with Crippen LogP contribution in [-0.4, -0.2) is 25.5 Å². The number of nitrogens with one attached hydrogen (secondary N) is 2. The normalized spacial score (nSPS) is 16.7. The largest absolute Gasteiger partial charge is 0.352 e. The molecule has 1 aliphatic heterocycles. The molecule has 0 aliphatic carbocycles. The Morgan fingerprint density at radius 1 is 1.19 bits per heavy atom. The second-order valence-corrected chi connectivity index (χ2v) is 7.07. The number of hydrogen-bond acceptors (Lipinski definition) is 2. The molecular weight excluding hydrogens is 260 g/mol. The van der Waals surface area contributed by atoms with Crippen LogP contribution in [0.3, 0.4) is 0 Å². The summed E-state index contributed by atoms with van der Waals surface area (Å²) in [5.74, 6) is 0.805. The van der Waals surface area contributed by atoms with Gasteiger partial charge in [0.15, 0.2) is 0 Å². The Labute approximate surface area is 128 Å². The van der Waals surface area contributed by atoms with Crippen LogP contribution in [0.15, 0.2) is 24.3 Å². The fourth-order valence-corrected chi connectivity index (χ4v) is 2.78. The fourth-order valence-electron chi connectivity index (χ4n) is 2.78. The summed E-state index contributed by atoms with van der Waals surface area (Å²) in [6, 6.07) is 7.98. The van der Waals surface area contributed by atoms with Crippen LogP contribution in [0.1, 0.15) is 56.0 Å². The summed E-state index contributed by atoms with van der Waals surface area (Å²) in [5.41, 5.74) is 2.14. The zero-order valence-corrected chi connectivity index (χ0v) is 13.5. The van der Waals surface area contributed by atoms with Gasteiger partial charge in [-0.1, -0.05) is 32.9 Å². The summed E-state index contributed by atoms with van der Waals surface area (Å²) in [7, 11) is 0. The van der Waals surface area contributed by atoms with Gasteiger partial charge in [0.2, 0.25) is 0 Å². The van der Waals surface area contributed by atoms with Crippen molar-refractivity contribution in [2.24, 2.45) is 5.92 Å². The van der Waals surface area contributed by atoms with Gasteiger partial charge >= 0.3 is 0 Å². The lowest BCUT2D eigenvalue weighted by molar-refractivity contribution is 0.0950. The molecule has 2 rings (SSSR count). The summed E-state index contributed by atoms with van der Waals surface area (Å²) < 4.78 is 0. The Kier molecular flexibility index (Phi) is 5.40. The van der Waals surface area contributed by atoms with Crippen molar-refractivity contribution in [2.75, 3.05) is 19.6 Å². The van der Waals surface area contributed by atoms with Crippen LogP contribution < -0.4 is 10.6 Å². The topological polar surface area (TPSA) is 41.1 Å². The van der Waals surface area contributed by atoms with Gasteiger partial charge in [0.1, 0.15) is 0 Å². The maximum Gasteiger partial charge on any atom is 0.251 e. The first-order valence-electron chi connectivity index (χ1n) is 8.06. The molecule has 0 unspecified atom stereocenters. The van der Waals surface area contributed by atoms with Crippen molar-refractivity contribution in [3.8, 4) is 0 Å². The summed E-state index contributed by atoms with van der Waals surface area (Å²) >= 11 is 0. The van der Waals surface area contributed by atoms with Crippen molar-refractivity contribution >= 4 is 5.91 Å². The summed E-state index contributed by atoms with van der Waals surface area (Å²) in [4.78, 5) is 12.1. The van der Waals surface area contributed by atoms with Crippen molar-refractivity contribution in [1.82, 2.24) is 10.6 Å². The first-order chi connectivity index (χ1) is 9.97. The highest BCUT2D eigenvalue weighted by Gasteiger charge is 2.15.